The molecule has 1 aromatic heterocycles. The smallest absolute Gasteiger partial charge is 0.342 e. The van der Waals surface area contributed by atoms with Crippen molar-refractivity contribution >= 4 is 16.9 Å². The lowest BCUT2D eigenvalue weighted by Gasteiger charge is -2.00. The van der Waals surface area contributed by atoms with Crippen LogP contribution < -0.4 is 0 Å². The molecule has 1 heterocycles. The first kappa shape index (κ1) is 11.7. The van der Waals surface area contributed by atoms with Crippen molar-refractivity contribution in [2.24, 2.45) is 0 Å². The monoisotopic (exact) mass is 234 g/mol. The summed E-state index contributed by atoms with van der Waals surface area (Å²) in [5.41, 5.74) is 1.81. The molecule has 17 heavy (non-hydrogen) atoms. The minimum absolute atomic E-state index is 0.0512. The second kappa shape index (κ2) is 4.59. The summed E-state index contributed by atoms with van der Waals surface area (Å²) in [6.45, 7) is 3.77. The average Bonchev–Trinajstić information content (AvgIpc) is 2.64. The molecule has 0 spiro atoms. The Bertz CT molecular complexity index is 554. The number of rotatable bonds is 3. The van der Waals surface area contributed by atoms with Crippen LogP contribution in [0.4, 0.5) is 0 Å². The molecule has 4 nitrogen and oxygen atoms in total. The fraction of sp³-hybridized carbons (Fsp3) is 0.308. The molecule has 90 valence electrons. The van der Waals surface area contributed by atoms with Crippen LogP contribution in [-0.2, 0) is 11.3 Å². The van der Waals surface area contributed by atoms with Gasteiger partial charge in [0.15, 0.2) is 0 Å². The SMILES string of the molecule is CCOC(=O)c1c(C)oc2cc(CO)ccc12. The number of furan rings is 1. The molecule has 2 rings (SSSR count). The maximum Gasteiger partial charge on any atom is 0.342 e. The second-order valence-corrected chi connectivity index (χ2v) is 3.74. The average molecular weight is 234 g/mol. The van der Waals surface area contributed by atoms with E-state index in [-0.39, 0.29) is 12.6 Å². The van der Waals surface area contributed by atoms with E-state index in [2.05, 4.69) is 0 Å². The molecule has 1 aromatic carbocycles. The van der Waals surface area contributed by atoms with Gasteiger partial charge in [0.25, 0.3) is 0 Å². The van der Waals surface area contributed by atoms with Gasteiger partial charge in [-0.1, -0.05) is 6.07 Å². The predicted octanol–water partition coefficient (Wildman–Crippen LogP) is 2.41. The summed E-state index contributed by atoms with van der Waals surface area (Å²) in [6, 6.07) is 5.26. The fourth-order valence-corrected chi connectivity index (χ4v) is 1.82. The molecule has 0 aliphatic carbocycles. The molecule has 0 fully saturated rings. The van der Waals surface area contributed by atoms with E-state index in [0.717, 1.165) is 10.9 Å². The van der Waals surface area contributed by atoms with Crippen LogP contribution in [0.15, 0.2) is 22.6 Å². The summed E-state index contributed by atoms with van der Waals surface area (Å²) < 4.78 is 10.5. The molecule has 0 unspecified atom stereocenters. The van der Waals surface area contributed by atoms with Gasteiger partial charge in [0.05, 0.1) is 13.2 Å². The third-order valence-electron chi connectivity index (χ3n) is 2.59. The molecule has 0 saturated carbocycles. The zero-order valence-corrected chi connectivity index (χ0v) is 9.82. The van der Waals surface area contributed by atoms with Crippen LogP contribution in [0.1, 0.15) is 28.6 Å². The van der Waals surface area contributed by atoms with Crippen LogP contribution in [0, 0.1) is 6.92 Å². The standard InChI is InChI=1S/C13H14O4/c1-3-16-13(15)12-8(2)17-11-6-9(7-14)4-5-10(11)12/h4-6,14H,3,7H2,1-2H3. The molecule has 0 saturated heterocycles. The summed E-state index contributed by atoms with van der Waals surface area (Å²) in [7, 11) is 0. The Labute approximate surface area is 98.8 Å². The maximum atomic E-state index is 11.8. The first-order valence-corrected chi connectivity index (χ1v) is 5.47. The predicted molar refractivity (Wildman–Crippen MR) is 62.8 cm³/mol. The summed E-state index contributed by atoms with van der Waals surface area (Å²) in [5.74, 6) is 0.161. The van der Waals surface area contributed by atoms with Gasteiger partial charge in [0.2, 0.25) is 0 Å². The van der Waals surface area contributed by atoms with Crippen molar-refractivity contribution in [3.05, 3.63) is 35.1 Å². The van der Waals surface area contributed by atoms with Crippen LogP contribution in [-0.4, -0.2) is 17.7 Å². The molecule has 0 amide bonds. The van der Waals surface area contributed by atoms with E-state index >= 15 is 0 Å². The molecule has 0 aliphatic heterocycles. The summed E-state index contributed by atoms with van der Waals surface area (Å²) in [6.07, 6.45) is 0. The minimum Gasteiger partial charge on any atom is -0.462 e. The molecule has 0 bridgehead atoms. The van der Waals surface area contributed by atoms with Crippen molar-refractivity contribution in [2.75, 3.05) is 6.61 Å². The largest absolute Gasteiger partial charge is 0.462 e. The molecular formula is C13H14O4. The highest BCUT2D eigenvalue weighted by molar-refractivity contribution is 6.04. The molecule has 4 heteroatoms. The normalized spacial score (nSPS) is 10.8. The molecule has 1 N–H and O–H groups in total. The van der Waals surface area contributed by atoms with Gasteiger partial charge in [-0.05, 0) is 31.5 Å². The van der Waals surface area contributed by atoms with E-state index in [1.807, 2.05) is 0 Å². The molecule has 0 radical (unpaired) electrons. The number of carbonyl (C=O) groups excluding carboxylic acids is 1. The maximum absolute atomic E-state index is 11.8. The van der Waals surface area contributed by atoms with E-state index in [9.17, 15) is 4.79 Å². The van der Waals surface area contributed by atoms with E-state index in [0.29, 0.717) is 23.5 Å². The van der Waals surface area contributed by atoms with Gasteiger partial charge in [-0.3, -0.25) is 0 Å². The van der Waals surface area contributed by atoms with Gasteiger partial charge in [-0.25, -0.2) is 4.79 Å². The number of esters is 1. The van der Waals surface area contributed by atoms with Crippen LogP contribution in [0.3, 0.4) is 0 Å². The van der Waals surface area contributed by atoms with E-state index in [1.54, 1.807) is 32.0 Å². The number of hydrogen-bond acceptors (Lipinski definition) is 4. The molecule has 0 aliphatic rings. The zero-order chi connectivity index (χ0) is 12.4. The molecule has 2 aromatic rings. The summed E-state index contributed by atoms with van der Waals surface area (Å²) >= 11 is 0. The lowest BCUT2D eigenvalue weighted by atomic mass is 10.1. The Kier molecular flexibility index (Phi) is 3.15. The van der Waals surface area contributed by atoms with Gasteiger partial charge in [-0.2, -0.15) is 0 Å². The van der Waals surface area contributed by atoms with Crippen LogP contribution in [0.2, 0.25) is 0 Å². The quantitative estimate of drug-likeness (QED) is 0.828. The Morgan fingerprint density at radius 1 is 1.47 bits per heavy atom. The number of carbonyl (C=O) groups is 1. The van der Waals surface area contributed by atoms with E-state index < -0.39 is 0 Å². The lowest BCUT2D eigenvalue weighted by Crippen LogP contribution is -2.05. The Morgan fingerprint density at radius 2 is 2.24 bits per heavy atom. The van der Waals surface area contributed by atoms with E-state index in [4.69, 9.17) is 14.3 Å². The van der Waals surface area contributed by atoms with Gasteiger partial charge in [-0.15, -0.1) is 0 Å². The van der Waals surface area contributed by atoms with Crippen LogP contribution in [0.25, 0.3) is 11.0 Å². The Balaban J connectivity index is 2.56. The number of ether oxygens (including phenoxy) is 1. The lowest BCUT2D eigenvalue weighted by molar-refractivity contribution is 0.0526. The number of hydrogen-bond donors (Lipinski definition) is 1. The van der Waals surface area contributed by atoms with Crippen molar-refractivity contribution in [2.45, 2.75) is 20.5 Å². The number of benzene rings is 1. The molecular weight excluding hydrogens is 220 g/mol. The van der Waals surface area contributed by atoms with E-state index in [1.165, 1.54) is 0 Å². The van der Waals surface area contributed by atoms with Gasteiger partial charge < -0.3 is 14.3 Å². The first-order chi connectivity index (χ1) is 8.17. The second-order valence-electron chi connectivity index (χ2n) is 3.74. The van der Waals surface area contributed by atoms with Crippen molar-refractivity contribution in [3.63, 3.8) is 0 Å². The van der Waals surface area contributed by atoms with Crippen LogP contribution >= 0.6 is 0 Å². The number of aliphatic hydroxyl groups excluding tert-OH is 1. The third kappa shape index (κ3) is 2.03. The van der Waals surface area contributed by atoms with Gasteiger partial charge in [0.1, 0.15) is 16.9 Å². The minimum atomic E-state index is -0.375. The third-order valence-corrected chi connectivity index (χ3v) is 2.59. The number of fused-ring (bicyclic) bond motifs is 1. The van der Waals surface area contributed by atoms with Crippen molar-refractivity contribution < 1.29 is 19.1 Å². The highest BCUT2D eigenvalue weighted by atomic mass is 16.5. The number of aliphatic hydroxyl groups is 1. The Morgan fingerprint density at radius 3 is 2.88 bits per heavy atom. The zero-order valence-electron chi connectivity index (χ0n) is 9.82. The van der Waals surface area contributed by atoms with Crippen molar-refractivity contribution in [1.29, 1.82) is 0 Å². The first-order valence-electron chi connectivity index (χ1n) is 5.47. The Hall–Kier alpha value is -1.81. The van der Waals surface area contributed by atoms with Gasteiger partial charge >= 0.3 is 5.97 Å². The molecule has 0 atom stereocenters. The highest BCUT2D eigenvalue weighted by Gasteiger charge is 2.19. The summed E-state index contributed by atoms with van der Waals surface area (Å²) in [5, 5.41) is 9.75. The highest BCUT2D eigenvalue weighted by Crippen LogP contribution is 2.27. The van der Waals surface area contributed by atoms with Crippen molar-refractivity contribution in [1.82, 2.24) is 0 Å². The fourth-order valence-electron chi connectivity index (χ4n) is 1.82. The van der Waals surface area contributed by atoms with Crippen molar-refractivity contribution in [3.8, 4) is 0 Å². The van der Waals surface area contributed by atoms with Crippen LogP contribution in [0.5, 0.6) is 0 Å². The number of aryl methyl sites for hydroxylation is 1. The summed E-state index contributed by atoms with van der Waals surface area (Å²) in [4.78, 5) is 11.8. The topological polar surface area (TPSA) is 59.7 Å². The van der Waals surface area contributed by atoms with Gasteiger partial charge in [0, 0.05) is 5.39 Å².